The zero-order chi connectivity index (χ0) is 23.4. The number of methoxy groups -OCH3 is 1. The molecule has 1 amide bonds. The molecular weight excluding hydrogens is 478 g/mol. The summed E-state index contributed by atoms with van der Waals surface area (Å²) in [7, 11) is 1.53. The third-order valence-electron chi connectivity index (χ3n) is 4.83. The van der Waals surface area contributed by atoms with Crippen molar-refractivity contribution in [3.8, 4) is 5.75 Å². The first kappa shape index (κ1) is 23.1. The van der Waals surface area contributed by atoms with Crippen LogP contribution in [-0.4, -0.2) is 22.6 Å². The summed E-state index contributed by atoms with van der Waals surface area (Å²) in [4.78, 5) is 31.1. The number of fused-ring (bicyclic) bond motifs is 1. The van der Waals surface area contributed by atoms with Crippen molar-refractivity contribution in [2.24, 2.45) is 0 Å². The highest BCUT2D eigenvalue weighted by atomic mass is 35.5. The molecule has 0 radical (unpaired) electrons. The minimum absolute atomic E-state index is 0.147. The first-order valence-corrected chi connectivity index (χ1v) is 12.1. The molecule has 0 saturated heterocycles. The molecule has 6 nitrogen and oxygen atoms in total. The highest BCUT2D eigenvalue weighted by Crippen LogP contribution is 2.36. The average Bonchev–Trinajstić information content (AvgIpc) is 3.29. The van der Waals surface area contributed by atoms with Crippen molar-refractivity contribution in [3.05, 3.63) is 93.6 Å². The maximum absolute atomic E-state index is 13.4. The number of carbonyl (C=O) groups excluding carboxylic acids is 1. The summed E-state index contributed by atoms with van der Waals surface area (Å²) in [5.41, 5.74) is 1.79. The number of nitrogens with zero attached hydrogens (tertiary/aromatic N) is 2. The second-order valence-electron chi connectivity index (χ2n) is 6.98. The van der Waals surface area contributed by atoms with Crippen molar-refractivity contribution in [2.45, 2.75) is 17.0 Å². The van der Waals surface area contributed by atoms with Gasteiger partial charge in [0, 0.05) is 12.2 Å². The lowest BCUT2D eigenvalue weighted by molar-refractivity contribution is -0.115. The second kappa shape index (κ2) is 10.2. The molecule has 0 saturated carbocycles. The number of nitrogens with one attached hydrogen (secondary N) is 1. The maximum Gasteiger partial charge on any atom is 0.272 e. The predicted octanol–water partition coefficient (Wildman–Crippen LogP) is 5.78. The third-order valence-corrected chi connectivity index (χ3v) is 7.26. The number of thioether (sulfide) groups is 1. The van der Waals surface area contributed by atoms with Gasteiger partial charge in [0.15, 0.2) is 5.16 Å². The van der Waals surface area contributed by atoms with E-state index in [4.69, 9.17) is 16.3 Å². The molecule has 2 heterocycles. The van der Waals surface area contributed by atoms with Gasteiger partial charge >= 0.3 is 0 Å². The summed E-state index contributed by atoms with van der Waals surface area (Å²) in [6.45, 7) is 4.05. The smallest absolute Gasteiger partial charge is 0.272 e. The Labute approximate surface area is 203 Å². The van der Waals surface area contributed by atoms with Gasteiger partial charge in [0.2, 0.25) is 5.91 Å². The molecule has 4 aromatic rings. The van der Waals surface area contributed by atoms with Gasteiger partial charge < -0.3 is 10.1 Å². The fourth-order valence-electron chi connectivity index (χ4n) is 3.26. The monoisotopic (exact) mass is 497 g/mol. The van der Waals surface area contributed by atoms with Crippen LogP contribution in [0.5, 0.6) is 5.75 Å². The lowest BCUT2D eigenvalue weighted by Gasteiger charge is -2.19. The maximum atomic E-state index is 13.4. The van der Waals surface area contributed by atoms with E-state index >= 15 is 0 Å². The van der Waals surface area contributed by atoms with E-state index < -0.39 is 5.25 Å². The molecule has 1 atom stereocenters. The van der Waals surface area contributed by atoms with E-state index in [1.807, 2.05) is 35.7 Å². The summed E-state index contributed by atoms with van der Waals surface area (Å²) in [6, 6.07) is 16.2. The number of ether oxygens (including phenoxy) is 1. The number of amides is 1. The Morgan fingerprint density at radius 1 is 1.30 bits per heavy atom. The lowest BCUT2D eigenvalue weighted by Crippen LogP contribution is -2.24. The van der Waals surface area contributed by atoms with E-state index in [1.54, 1.807) is 34.9 Å². The predicted molar refractivity (Wildman–Crippen MR) is 136 cm³/mol. The van der Waals surface area contributed by atoms with Crippen LogP contribution in [0.25, 0.3) is 10.2 Å². The van der Waals surface area contributed by atoms with Gasteiger partial charge in [-0.1, -0.05) is 59.8 Å². The van der Waals surface area contributed by atoms with E-state index in [-0.39, 0.29) is 11.5 Å². The number of rotatable bonds is 8. The van der Waals surface area contributed by atoms with Crippen LogP contribution in [-0.2, 0) is 11.3 Å². The van der Waals surface area contributed by atoms with Gasteiger partial charge in [-0.2, -0.15) is 0 Å². The number of carbonyl (C=O) groups is 1. The van der Waals surface area contributed by atoms with Gasteiger partial charge in [-0.3, -0.25) is 14.2 Å². The summed E-state index contributed by atoms with van der Waals surface area (Å²) in [5.74, 6) is 0.252. The summed E-state index contributed by atoms with van der Waals surface area (Å²) >= 11 is 8.79. The fraction of sp³-hybridized carbons (Fsp3) is 0.125. The second-order valence-corrected chi connectivity index (χ2v) is 9.38. The molecule has 2 aromatic heterocycles. The number of anilines is 1. The van der Waals surface area contributed by atoms with Crippen LogP contribution < -0.4 is 15.6 Å². The Kier molecular flexibility index (Phi) is 7.17. The molecule has 1 unspecified atom stereocenters. The van der Waals surface area contributed by atoms with Crippen LogP contribution >= 0.6 is 34.7 Å². The first-order chi connectivity index (χ1) is 16.0. The molecule has 9 heteroatoms. The van der Waals surface area contributed by atoms with Crippen LogP contribution in [0.15, 0.2) is 82.6 Å². The van der Waals surface area contributed by atoms with Crippen molar-refractivity contribution < 1.29 is 9.53 Å². The van der Waals surface area contributed by atoms with Crippen molar-refractivity contribution in [1.82, 2.24) is 9.55 Å². The van der Waals surface area contributed by atoms with Crippen molar-refractivity contribution >= 4 is 56.5 Å². The van der Waals surface area contributed by atoms with E-state index in [1.165, 1.54) is 30.2 Å². The Hall–Kier alpha value is -3.07. The molecule has 0 spiro atoms. The Morgan fingerprint density at radius 2 is 2.09 bits per heavy atom. The summed E-state index contributed by atoms with van der Waals surface area (Å²) in [5, 5.41) is 4.93. The molecule has 33 heavy (non-hydrogen) atoms. The van der Waals surface area contributed by atoms with Gasteiger partial charge in [-0.05, 0) is 35.2 Å². The largest absolute Gasteiger partial charge is 0.495 e. The number of aromatic nitrogens is 2. The molecule has 1 N–H and O–H groups in total. The Balaban J connectivity index is 1.72. The lowest BCUT2D eigenvalue weighted by atomic mass is 10.1. The highest BCUT2D eigenvalue weighted by Gasteiger charge is 2.25. The highest BCUT2D eigenvalue weighted by molar-refractivity contribution is 8.00. The van der Waals surface area contributed by atoms with Crippen molar-refractivity contribution in [2.75, 3.05) is 12.4 Å². The quantitative estimate of drug-likeness (QED) is 0.190. The van der Waals surface area contributed by atoms with E-state index in [0.29, 0.717) is 38.4 Å². The molecule has 0 fully saturated rings. The topological polar surface area (TPSA) is 73.2 Å². The van der Waals surface area contributed by atoms with Crippen LogP contribution in [0.1, 0.15) is 10.8 Å². The average molecular weight is 498 g/mol. The van der Waals surface area contributed by atoms with E-state index in [2.05, 4.69) is 16.9 Å². The number of thiophene rings is 1. The van der Waals surface area contributed by atoms with Gasteiger partial charge in [0.1, 0.15) is 15.7 Å². The summed E-state index contributed by atoms with van der Waals surface area (Å²) in [6.07, 6.45) is 1.64. The molecule has 0 aliphatic rings. The zero-order valence-electron chi connectivity index (χ0n) is 17.7. The number of allylic oxidation sites excluding steroid dienone is 1. The van der Waals surface area contributed by atoms with E-state index in [9.17, 15) is 9.59 Å². The van der Waals surface area contributed by atoms with Crippen molar-refractivity contribution in [1.29, 1.82) is 0 Å². The molecule has 2 aromatic carbocycles. The van der Waals surface area contributed by atoms with Crippen LogP contribution in [0, 0.1) is 0 Å². The van der Waals surface area contributed by atoms with E-state index in [0.717, 1.165) is 5.56 Å². The molecule has 0 aliphatic carbocycles. The SMILES string of the molecule is C=CCn1c(SC(C(=O)Nc2ccc(OC)c(Cl)c2)c2ccccc2)nc2ccsc2c1=O. The first-order valence-electron chi connectivity index (χ1n) is 9.96. The fourth-order valence-corrected chi connectivity index (χ4v) is 5.40. The number of hydrogen-bond acceptors (Lipinski definition) is 6. The van der Waals surface area contributed by atoms with Crippen LogP contribution in [0.2, 0.25) is 5.02 Å². The number of benzene rings is 2. The minimum atomic E-state index is -0.661. The van der Waals surface area contributed by atoms with Crippen molar-refractivity contribution in [3.63, 3.8) is 0 Å². The number of hydrogen-bond donors (Lipinski definition) is 1. The van der Waals surface area contributed by atoms with Gasteiger partial charge in [0.05, 0.1) is 17.6 Å². The van der Waals surface area contributed by atoms with Crippen LogP contribution in [0.3, 0.4) is 0 Å². The van der Waals surface area contributed by atoms with Crippen LogP contribution in [0.4, 0.5) is 5.69 Å². The van der Waals surface area contributed by atoms with Gasteiger partial charge in [0.25, 0.3) is 5.56 Å². The molecular formula is C24H20ClN3O3S2. The minimum Gasteiger partial charge on any atom is -0.495 e. The Morgan fingerprint density at radius 3 is 2.79 bits per heavy atom. The Bertz CT molecular complexity index is 1370. The molecule has 168 valence electrons. The number of halogens is 1. The van der Waals surface area contributed by atoms with Gasteiger partial charge in [-0.25, -0.2) is 4.98 Å². The third kappa shape index (κ3) is 4.98. The standard InChI is InChI=1S/C24H20ClN3O3S2/c1-3-12-28-23(30)21-18(11-13-32-21)27-24(28)33-20(15-7-5-4-6-8-15)22(29)26-16-9-10-19(31-2)17(25)14-16/h3-11,13-14,20H,1,12H2,2H3,(H,26,29). The normalized spacial score (nSPS) is 11.8. The summed E-state index contributed by atoms with van der Waals surface area (Å²) < 4.78 is 7.30. The molecule has 4 rings (SSSR count). The molecule has 0 bridgehead atoms. The zero-order valence-corrected chi connectivity index (χ0v) is 20.0. The van der Waals surface area contributed by atoms with Gasteiger partial charge in [-0.15, -0.1) is 17.9 Å². The molecule has 0 aliphatic heterocycles.